The van der Waals surface area contributed by atoms with Crippen LogP contribution in [0, 0.1) is 0 Å². The van der Waals surface area contributed by atoms with Gasteiger partial charge >= 0.3 is 12.1 Å². The standard InChI is InChI=1S/C11H11F3O4/c12-11(13,14)9(16)8(15)6-18-10(17)7-4-2-1-3-5-7/h1-5,8-9,15-16H,6H2. The van der Waals surface area contributed by atoms with Crippen LogP contribution >= 0.6 is 0 Å². The van der Waals surface area contributed by atoms with Crippen LogP contribution in [0.25, 0.3) is 0 Å². The summed E-state index contributed by atoms with van der Waals surface area (Å²) >= 11 is 0. The van der Waals surface area contributed by atoms with E-state index in [2.05, 4.69) is 4.74 Å². The van der Waals surface area contributed by atoms with Gasteiger partial charge in [0.05, 0.1) is 5.56 Å². The zero-order valence-corrected chi connectivity index (χ0v) is 9.09. The maximum absolute atomic E-state index is 12.0. The van der Waals surface area contributed by atoms with Gasteiger partial charge in [-0.05, 0) is 12.1 Å². The van der Waals surface area contributed by atoms with Gasteiger partial charge in [-0.15, -0.1) is 0 Å². The van der Waals surface area contributed by atoms with Crippen LogP contribution in [0.3, 0.4) is 0 Å². The molecule has 0 bridgehead atoms. The summed E-state index contributed by atoms with van der Waals surface area (Å²) < 4.78 is 40.4. The second kappa shape index (κ2) is 5.83. The Bertz CT molecular complexity index is 391. The Labute approximate surface area is 101 Å². The van der Waals surface area contributed by atoms with Crippen molar-refractivity contribution in [2.24, 2.45) is 0 Å². The van der Waals surface area contributed by atoms with Gasteiger partial charge in [0, 0.05) is 0 Å². The second-order valence-electron chi connectivity index (χ2n) is 3.52. The molecular weight excluding hydrogens is 253 g/mol. The lowest BCUT2D eigenvalue weighted by Gasteiger charge is -2.20. The molecule has 0 fully saturated rings. The number of aliphatic hydroxyl groups is 2. The van der Waals surface area contributed by atoms with E-state index in [0.717, 1.165) is 0 Å². The van der Waals surface area contributed by atoms with Crippen molar-refractivity contribution in [1.29, 1.82) is 0 Å². The Morgan fingerprint density at radius 1 is 1.22 bits per heavy atom. The lowest BCUT2D eigenvalue weighted by atomic mass is 10.2. The number of hydrogen-bond donors (Lipinski definition) is 2. The third-order valence-electron chi connectivity index (χ3n) is 2.09. The molecule has 2 atom stereocenters. The third-order valence-corrected chi connectivity index (χ3v) is 2.09. The summed E-state index contributed by atoms with van der Waals surface area (Å²) in [4.78, 5) is 11.3. The minimum Gasteiger partial charge on any atom is -0.459 e. The van der Waals surface area contributed by atoms with Crippen molar-refractivity contribution in [3.05, 3.63) is 35.9 Å². The highest BCUT2D eigenvalue weighted by Gasteiger charge is 2.43. The highest BCUT2D eigenvalue weighted by Crippen LogP contribution is 2.22. The Hall–Kier alpha value is -1.60. The number of benzene rings is 1. The Morgan fingerprint density at radius 2 is 1.78 bits per heavy atom. The van der Waals surface area contributed by atoms with Crippen molar-refractivity contribution < 1.29 is 32.9 Å². The average Bonchev–Trinajstić information content (AvgIpc) is 2.34. The van der Waals surface area contributed by atoms with Gasteiger partial charge in [-0.2, -0.15) is 13.2 Å². The van der Waals surface area contributed by atoms with Gasteiger partial charge < -0.3 is 14.9 Å². The molecule has 0 saturated carbocycles. The van der Waals surface area contributed by atoms with Crippen molar-refractivity contribution in [2.45, 2.75) is 18.4 Å². The van der Waals surface area contributed by atoms with E-state index in [9.17, 15) is 18.0 Å². The van der Waals surface area contributed by atoms with Crippen LogP contribution in [0.2, 0.25) is 0 Å². The van der Waals surface area contributed by atoms with Crippen LogP contribution in [-0.4, -0.2) is 41.2 Å². The van der Waals surface area contributed by atoms with Crippen LogP contribution in [-0.2, 0) is 4.74 Å². The number of aliphatic hydroxyl groups excluding tert-OH is 2. The van der Waals surface area contributed by atoms with Gasteiger partial charge in [-0.25, -0.2) is 4.79 Å². The van der Waals surface area contributed by atoms with Crippen molar-refractivity contribution >= 4 is 5.97 Å². The second-order valence-corrected chi connectivity index (χ2v) is 3.52. The summed E-state index contributed by atoms with van der Waals surface area (Å²) in [6.45, 7) is -0.936. The topological polar surface area (TPSA) is 66.8 Å². The molecule has 0 saturated heterocycles. The minimum absolute atomic E-state index is 0.145. The molecule has 1 aromatic rings. The molecular formula is C11H11F3O4. The predicted molar refractivity (Wildman–Crippen MR) is 54.8 cm³/mol. The summed E-state index contributed by atoms with van der Waals surface area (Å²) in [6, 6.07) is 7.58. The first kappa shape index (κ1) is 14.5. The summed E-state index contributed by atoms with van der Waals surface area (Å²) in [7, 11) is 0. The average molecular weight is 264 g/mol. The van der Waals surface area contributed by atoms with Gasteiger partial charge in [-0.1, -0.05) is 18.2 Å². The first-order chi connectivity index (χ1) is 8.32. The van der Waals surface area contributed by atoms with E-state index in [1.165, 1.54) is 12.1 Å². The molecule has 100 valence electrons. The van der Waals surface area contributed by atoms with E-state index in [1.54, 1.807) is 18.2 Å². The summed E-state index contributed by atoms with van der Waals surface area (Å²) in [6.07, 6.45) is -10.1. The van der Waals surface area contributed by atoms with Crippen molar-refractivity contribution in [3.63, 3.8) is 0 Å². The van der Waals surface area contributed by atoms with Gasteiger partial charge in [0.2, 0.25) is 0 Å². The van der Waals surface area contributed by atoms with E-state index in [1.807, 2.05) is 0 Å². The smallest absolute Gasteiger partial charge is 0.417 e. The summed E-state index contributed by atoms with van der Waals surface area (Å²) in [5, 5.41) is 17.7. The van der Waals surface area contributed by atoms with Crippen molar-refractivity contribution in [3.8, 4) is 0 Å². The number of carbonyl (C=O) groups excluding carboxylic acids is 1. The van der Waals surface area contributed by atoms with E-state index >= 15 is 0 Å². The molecule has 0 radical (unpaired) electrons. The third kappa shape index (κ3) is 4.01. The number of ether oxygens (including phenoxy) is 1. The number of halogens is 3. The largest absolute Gasteiger partial charge is 0.459 e. The van der Waals surface area contributed by atoms with Crippen LogP contribution in [0.1, 0.15) is 10.4 Å². The zero-order valence-electron chi connectivity index (χ0n) is 9.09. The van der Waals surface area contributed by atoms with Crippen LogP contribution in [0.5, 0.6) is 0 Å². The molecule has 7 heteroatoms. The highest BCUT2D eigenvalue weighted by atomic mass is 19.4. The van der Waals surface area contributed by atoms with Crippen molar-refractivity contribution in [1.82, 2.24) is 0 Å². The Kier molecular flexibility index (Phi) is 4.69. The fourth-order valence-electron chi connectivity index (χ4n) is 1.13. The predicted octanol–water partition coefficient (Wildman–Crippen LogP) is 1.13. The van der Waals surface area contributed by atoms with E-state index in [-0.39, 0.29) is 5.56 Å². The maximum Gasteiger partial charge on any atom is 0.417 e. The van der Waals surface area contributed by atoms with Crippen LogP contribution < -0.4 is 0 Å². The number of esters is 1. The first-order valence-corrected chi connectivity index (χ1v) is 4.97. The molecule has 2 N–H and O–H groups in total. The lowest BCUT2D eigenvalue weighted by Crippen LogP contribution is -2.42. The molecule has 4 nitrogen and oxygen atoms in total. The molecule has 1 rings (SSSR count). The number of alkyl halides is 3. The Balaban J connectivity index is 2.49. The molecule has 0 aliphatic carbocycles. The zero-order chi connectivity index (χ0) is 13.8. The molecule has 0 aromatic heterocycles. The van der Waals surface area contributed by atoms with Crippen LogP contribution in [0.15, 0.2) is 30.3 Å². The van der Waals surface area contributed by atoms with Gasteiger partial charge in [0.25, 0.3) is 0 Å². The minimum atomic E-state index is -4.96. The van der Waals surface area contributed by atoms with Gasteiger partial charge in [0.15, 0.2) is 6.10 Å². The number of carbonyl (C=O) groups is 1. The summed E-state index contributed by atoms with van der Waals surface area (Å²) in [5.74, 6) is -0.871. The quantitative estimate of drug-likeness (QED) is 0.800. The van der Waals surface area contributed by atoms with E-state index in [0.29, 0.717) is 0 Å². The molecule has 1 aromatic carbocycles. The van der Waals surface area contributed by atoms with Gasteiger partial charge in [0.1, 0.15) is 12.7 Å². The molecule has 0 spiro atoms. The fourth-order valence-corrected chi connectivity index (χ4v) is 1.13. The SMILES string of the molecule is O=C(OCC(O)C(O)C(F)(F)F)c1ccccc1. The first-order valence-electron chi connectivity index (χ1n) is 4.97. The molecule has 0 heterocycles. The van der Waals surface area contributed by atoms with E-state index in [4.69, 9.17) is 10.2 Å². The number of hydrogen-bond acceptors (Lipinski definition) is 4. The number of rotatable bonds is 4. The molecule has 18 heavy (non-hydrogen) atoms. The monoisotopic (exact) mass is 264 g/mol. The van der Waals surface area contributed by atoms with Crippen LogP contribution in [0.4, 0.5) is 13.2 Å². The summed E-state index contributed by atoms with van der Waals surface area (Å²) in [5.41, 5.74) is 0.145. The normalized spacial score (nSPS) is 14.9. The fraction of sp³-hybridized carbons (Fsp3) is 0.364. The molecule has 0 aliphatic heterocycles. The van der Waals surface area contributed by atoms with Crippen molar-refractivity contribution in [2.75, 3.05) is 6.61 Å². The molecule has 0 aliphatic rings. The maximum atomic E-state index is 12.0. The highest BCUT2D eigenvalue weighted by molar-refractivity contribution is 5.89. The van der Waals surface area contributed by atoms with E-state index < -0.39 is 31.0 Å². The van der Waals surface area contributed by atoms with Gasteiger partial charge in [-0.3, -0.25) is 0 Å². The molecule has 2 unspecified atom stereocenters. The Morgan fingerprint density at radius 3 is 2.28 bits per heavy atom. The molecule has 0 amide bonds. The lowest BCUT2D eigenvalue weighted by molar-refractivity contribution is -0.233.